The van der Waals surface area contributed by atoms with E-state index in [1.54, 1.807) is 12.4 Å². The quantitative estimate of drug-likeness (QED) is 0.848. The summed E-state index contributed by atoms with van der Waals surface area (Å²) < 4.78 is 8.06. The smallest absolute Gasteiger partial charge is 0.246 e. The van der Waals surface area contributed by atoms with E-state index in [2.05, 4.69) is 25.9 Å². The highest BCUT2D eigenvalue weighted by molar-refractivity contribution is 9.10. The summed E-state index contributed by atoms with van der Waals surface area (Å²) in [6.07, 6.45) is 3.85. The van der Waals surface area contributed by atoms with Gasteiger partial charge >= 0.3 is 0 Å². The van der Waals surface area contributed by atoms with E-state index >= 15 is 0 Å². The monoisotopic (exact) mass is 325 g/mol. The number of hydrogen-bond acceptors (Lipinski definition) is 5. The van der Waals surface area contributed by atoms with Crippen molar-refractivity contribution in [3.8, 4) is 0 Å². The summed E-state index contributed by atoms with van der Waals surface area (Å²) in [5, 5.41) is 0. The molecule has 0 aliphatic carbocycles. The Bertz CT molecular complexity index is 656. The number of nitrogen functional groups attached to an aromatic ring is 1. The van der Waals surface area contributed by atoms with E-state index in [9.17, 15) is 4.79 Å². The maximum atomic E-state index is 11.1. The van der Waals surface area contributed by atoms with Gasteiger partial charge in [0, 0.05) is 12.4 Å². The van der Waals surface area contributed by atoms with Crippen molar-refractivity contribution in [2.45, 2.75) is 25.0 Å². The van der Waals surface area contributed by atoms with E-state index in [0.717, 1.165) is 0 Å². The van der Waals surface area contributed by atoms with Crippen molar-refractivity contribution in [3.63, 3.8) is 0 Å². The number of nitrogens with zero attached hydrogens (tertiary/aromatic N) is 3. The van der Waals surface area contributed by atoms with Crippen LogP contribution >= 0.6 is 15.9 Å². The summed E-state index contributed by atoms with van der Waals surface area (Å²) in [6, 6.07) is 0. The second-order valence-electron chi connectivity index (χ2n) is 4.38. The van der Waals surface area contributed by atoms with Crippen molar-refractivity contribution in [3.05, 3.63) is 22.8 Å². The molecule has 1 aliphatic heterocycles. The van der Waals surface area contributed by atoms with Gasteiger partial charge in [0.25, 0.3) is 0 Å². The summed E-state index contributed by atoms with van der Waals surface area (Å²) in [4.78, 5) is 19.6. The van der Waals surface area contributed by atoms with E-state index in [4.69, 9.17) is 16.2 Å². The highest BCUT2D eigenvalue weighted by Gasteiger charge is 2.33. The molecule has 0 bridgehead atoms. The van der Waals surface area contributed by atoms with Crippen LogP contribution in [0.15, 0.2) is 17.0 Å². The van der Waals surface area contributed by atoms with Crippen molar-refractivity contribution < 1.29 is 9.53 Å². The predicted octanol–water partition coefficient (Wildman–Crippen LogP) is 0.779. The van der Waals surface area contributed by atoms with Crippen LogP contribution in [0.3, 0.4) is 0 Å². The third-order valence-electron chi connectivity index (χ3n) is 3.19. The Balaban J connectivity index is 2.03. The molecule has 3 heterocycles. The normalized spacial score (nSPS) is 23.0. The SMILES string of the molecule is NC(=O)C1CCC(c2nc(Br)c3c(N)nccn23)O1. The van der Waals surface area contributed by atoms with Crippen LogP contribution in [-0.4, -0.2) is 26.4 Å². The van der Waals surface area contributed by atoms with Crippen LogP contribution < -0.4 is 11.5 Å². The molecule has 0 saturated carbocycles. The lowest BCUT2D eigenvalue weighted by Gasteiger charge is -2.10. The molecule has 3 rings (SSSR count). The van der Waals surface area contributed by atoms with Crippen LogP contribution in [0, 0.1) is 0 Å². The standard InChI is InChI=1S/C11H12BrN5O2/c12-8-7-9(13)15-3-4-17(7)11(16-8)6-2-1-5(19-6)10(14)18/h3-6H,1-2H2,(H2,13,15)(H2,14,18). The maximum Gasteiger partial charge on any atom is 0.246 e. The van der Waals surface area contributed by atoms with E-state index in [0.29, 0.717) is 34.6 Å². The number of imidazole rings is 1. The fraction of sp³-hybridized carbons (Fsp3) is 0.364. The average molecular weight is 326 g/mol. The number of anilines is 1. The molecule has 2 aromatic heterocycles. The van der Waals surface area contributed by atoms with Crippen LogP contribution in [0.2, 0.25) is 0 Å². The number of ether oxygens (including phenoxy) is 1. The molecule has 19 heavy (non-hydrogen) atoms. The van der Waals surface area contributed by atoms with Gasteiger partial charge in [-0.1, -0.05) is 0 Å². The number of hydrogen-bond donors (Lipinski definition) is 2. The molecule has 2 aromatic rings. The Kier molecular flexibility index (Phi) is 2.90. The van der Waals surface area contributed by atoms with E-state index in [1.165, 1.54) is 0 Å². The predicted molar refractivity (Wildman–Crippen MR) is 71.1 cm³/mol. The van der Waals surface area contributed by atoms with Crippen LogP contribution in [0.5, 0.6) is 0 Å². The number of primary amides is 1. The summed E-state index contributed by atoms with van der Waals surface area (Å²) in [6.45, 7) is 0. The number of nitrogens with two attached hydrogens (primary N) is 2. The first kappa shape index (κ1) is 12.4. The topological polar surface area (TPSA) is 109 Å². The van der Waals surface area contributed by atoms with Gasteiger partial charge in [0.2, 0.25) is 5.91 Å². The minimum absolute atomic E-state index is 0.266. The highest BCUT2D eigenvalue weighted by Crippen LogP contribution is 2.34. The Morgan fingerprint density at radius 1 is 1.53 bits per heavy atom. The molecule has 1 fully saturated rings. The minimum atomic E-state index is -0.546. The first-order valence-electron chi connectivity index (χ1n) is 5.80. The van der Waals surface area contributed by atoms with Gasteiger partial charge in [0.1, 0.15) is 28.2 Å². The first-order chi connectivity index (χ1) is 9.08. The fourth-order valence-corrected chi connectivity index (χ4v) is 2.88. The lowest BCUT2D eigenvalue weighted by Crippen LogP contribution is -2.27. The number of fused-ring (bicyclic) bond motifs is 1. The minimum Gasteiger partial charge on any atom is -0.382 e. The molecule has 0 radical (unpaired) electrons. The number of aromatic nitrogens is 3. The largest absolute Gasteiger partial charge is 0.382 e. The van der Waals surface area contributed by atoms with Crippen molar-refractivity contribution in [2.24, 2.45) is 5.73 Å². The Hall–Kier alpha value is -1.67. The van der Waals surface area contributed by atoms with Crippen molar-refractivity contribution in [2.75, 3.05) is 5.73 Å². The third kappa shape index (κ3) is 1.96. The zero-order valence-electron chi connectivity index (χ0n) is 9.91. The Morgan fingerprint density at radius 2 is 2.32 bits per heavy atom. The first-order valence-corrected chi connectivity index (χ1v) is 6.60. The summed E-state index contributed by atoms with van der Waals surface area (Å²) in [5.41, 5.74) is 11.8. The van der Waals surface area contributed by atoms with Gasteiger partial charge in [0.05, 0.1) is 0 Å². The zero-order chi connectivity index (χ0) is 13.6. The van der Waals surface area contributed by atoms with E-state index < -0.39 is 12.0 Å². The van der Waals surface area contributed by atoms with E-state index in [-0.39, 0.29) is 6.10 Å². The van der Waals surface area contributed by atoms with Crippen molar-refractivity contribution in [1.82, 2.24) is 14.4 Å². The van der Waals surface area contributed by atoms with Gasteiger partial charge in [-0.2, -0.15) is 0 Å². The number of halogens is 1. The van der Waals surface area contributed by atoms with Crippen LogP contribution in [0.1, 0.15) is 24.8 Å². The molecule has 2 atom stereocenters. The van der Waals surface area contributed by atoms with Gasteiger partial charge in [-0.05, 0) is 28.8 Å². The number of rotatable bonds is 2. The molecule has 0 spiro atoms. The fourth-order valence-electron chi connectivity index (χ4n) is 2.31. The number of carbonyl (C=O) groups is 1. The molecule has 8 heteroatoms. The number of carbonyl (C=O) groups excluding carboxylic acids is 1. The van der Waals surface area contributed by atoms with Gasteiger partial charge in [-0.15, -0.1) is 0 Å². The summed E-state index contributed by atoms with van der Waals surface area (Å²) in [7, 11) is 0. The van der Waals surface area contributed by atoms with Gasteiger partial charge in [0.15, 0.2) is 5.82 Å². The lowest BCUT2D eigenvalue weighted by atomic mass is 10.2. The lowest BCUT2D eigenvalue weighted by molar-refractivity contribution is -0.128. The Labute approximate surface area is 117 Å². The Morgan fingerprint density at radius 3 is 3.00 bits per heavy atom. The average Bonchev–Trinajstić information content (AvgIpc) is 2.95. The van der Waals surface area contributed by atoms with Crippen LogP contribution in [-0.2, 0) is 9.53 Å². The third-order valence-corrected chi connectivity index (χ3v) is 3.75. The molecule has 100 valence electrons. The van der Waals surface area contributed by atoms with Gasteiger partial charge in [-0.3, -0.25) is 9.20 Å². The van der Waals surface area contributed by atoms with Gasteiger partial charge < -0.3 is 16.2 Å². The molecular formula is C11H12BrN5O2. The molecule has 1 amide bonds. The van der Waals surface area contributed by atoms with Crippen LogP contribution in [0.25, 0.3) is 5.52 Å². The molecule has 7 nitrogen and oxygen atoms in total. The van der Waals surface area contributed by atoms with Gasteiger partial charge in [-0.25, -0.2) is 9.97 Å². The summed E-state index contributed by atoms with van der Waals surface area (Å²) >= 11 is 3.36. The molecule has 2 unspecified atom stereocenters. The molecule has 4 N–H and O–H groups in total. The second-order valence-corrected chi connectivity index (χ2v) is 5.14. The number of amides is 1. The molecule has 1 aliphatic rings. The molecule has 0 aromatic carbocycles. The molecule has 1 saturated heterocycles. The summed E-state index contributed by atoms with van der Waals surface area (Å²) in [5.74, 6) is 0.640. The maximum absolute atomic E-state index is 11.1. The highest BCUT2D eigenvalue weighted by atomic mass is 79.9. The van der Waals surface area contributed by atoms with Crippen molar-refractivity contribution >= 4 is 33.2 Å². The zero-order valence-corrected chi connectivity index (χ0v) is 11.5. The van der Waals surface area contributed by atoms with Crippen LogP contribution in [0.4, 0.5) is 5.82 Å². The second kappa shape index (κ2) is 4.46. The molecular weight excluding hydrogens is 314 g/mol. The van der Waals surface area contributed by atoms with Crippen molar-refractivity contribution in [1.29, 1.82) is 0 Å². The van der Waals surface area contributed by atoms with E-state index in [1.807, 2.05) is 4.40 Å².